The lowest BCUT2D eigenvalue weighted by Gasteiger charge is -2.18. The molecule has 0 aliphatic carbocycles. The first-order valence-corrected chi connectivity index (χ1v) is 8.26. The minimum atomic E-state index is -0.350. The van der Waals surface area contributed by atoms with Gasteiger partial charge in [0.05, 0.1) is 14.2 Å². The molecule has 0 spiro atoms. The molecular weight excluding hydrogens is 322 g/mol. The summed E-state index contributed by atoms with van der Waals surface area (Å²) in [6.07, 6.45) is 5.12. The predicted molar refractivity (Wildman–Crippen MR) is 96.0 cm³/mol. The van der Waals surface area contributed by atoms with Crippen LogP contribution in [0.2, 0.25) is 0 Å². The lowest BCUT2D eigenvalue weighted by Crippen LogP contribution is -2.38. The summed E-state index contributed by atoms with van der Waals surface area (Å²) >= 11 is 0. The van der Waals surface area contributed by atoms with Crippen molar-refractivity contribution in [1.82, 2.24) is 10.6 Å². The number of hydrogen-bond donors (Lipinski definition) is 3. The summed E-state index contributed by atoms with van der Waals surface area (Å²) in [5.41, 5.74) is 0.562. The molecular formula is C18H25N3O4. The number of benzene rings is 1. The van der Waals surface area contributed by atoms with E-state index in [1.165, 1.54) is 0 Å². The third-order valence-electron chi connectivity index (χ3n) is 4.05. The van der Waals surface area contributed by atoms with E-state index in [0.717, 1.165) is 6.42 Å². The molecule has 7 nitrogen and oxygen atoms in total. The van der Waals surface area contributed by atoms with Gasteiger partial charge in [-0.25, -0.2) is 4.79 Å². The number of anilines is 1. The molecule has 3 amide bonds. The number of nitrogens with one attached hydrogen (secondary N) is 3. The van der Waals surface area contributed by atoms with E-state index in [-0.39, 0.29) is 23.9 Å². The van der Waals surface area contributed by atoms with E-state index < -0.39 is 0 Å². The Balaban J connectivity index is 2.00. The quantitative estimate of drug-likeness (QED) is 0.660. The molecule has 0 aromatic heterocycles. The van der Waals surface area contributed by atoms with Gasteiger partial charge in [0.25, 0.3) is 0 Å². The fourth-order valence-corrected chi connectivity index (χ4v) is 2.81. The van der Waals surface area contributed by atoms with E-state index in [4.69, 9.17) is 9.47 Å². The Kier molecular flexibility index (Phi) is 6.68. The van der Waals surface area contributed by atoms with Crippen LogP contribution in [0.15, 0.2) is 30.4 Å². The molecule has 136 valence electrons. The lowest BCUT2D eigenvalue weighted by atomic mass is 9.98. The second kappa shape index (κ2) is 8.96. The fourth-order valence-electron chi connectivity index (χ4n) is 2.81. The van der Waals surface area contributed by atoms with Crippen molar-refractivity contribution >= 4 is 17.6 Å². The SMILES string of the molecule is C/C=C/C(CC1CCNC1=O)NC(=O)Nc1cc(OC)cc(OC)c1. The van der Waals surface area contributed by atoms with Crippen molar-refractivity contribution in [2.24, 2.45) is 5.92 Å². The highest BCUT2D eigenvalue weighted by molar-refractivity contribution is 5.90. The van der Waals surface area contributed by atoms with Crippen LogP contribution in [-0.4, -0.2) is 38.7 Å². The van der Waals surface area contributed by atoms with Crippen molar-refractivity contribution < 1.29 is 19.1 Å². The Hall–Kier alpha value is -2.70. The van der Waals surface area contributed by atoms with Crippen LogP contribution >= 0.6 is 0 Å². The van der Waals surface area contributed by atoms with Crippen molar-refractivity contribution in [1.29, 1.82) is 0 Å². The smallest absolute Gasteiger partial charge is 0.319 e. The first-order valence-electron chi connectivity index (χ1n) is 8.26. The van der Waals surface area contributed by atoms with E-state index >= 15 is 0 Å². The van der Waals surface area contributed by atoms with Crippen molar-refractivity contribution in [3.05, 3.63) is 30.4 Å². The van der Waals surface area contributed by atoms with Gasteiger partial charge in [-0.3, -0.25) is 4.79 Å². The standard InChI is InChI=1S/C18H25N3O4/c1-4-5-13(8-12-6-7-19-17(12)22)20-18(23)21-14-9-15(24-2)11-16(10-14)25-3/h4-5,9-13H,6-8H2,1-3H3,(H,19,22)(H2,20,21,23)/b5-4+. The molecule has 2 unspecified atom stereocenters. The molecule has 2 atom stereocenters. The Morgan fingerprint density at radius 1 is 1.32 bits per heavy atom. The number of amides is 3. The number of urea groups is 1. The average molecular weight is 347 g/mol. The third-order valence-corrected chi connectivity index (χ3v) is 4.05. The normalized spacial score (nSPS) is 17.9. The number of ether oxygens (including phenoxy) is 2. The molecule has 1 fully saturated rings. The van der Waals surface area contributed by atoms with Crippen LogP contribution in [0.1, 0.15) is 19.8 Å². The number of rotatable bonds is 7. The van der Waals surface area contributed by atoms with Crippen LogP contribution in [-0.2, 0) is 4.79 Å². The van der Waals surface area contributed by atoms with Gasteiger partial charge >= 0.3 is 6.03 Å². The van der Waals surface area contributed by atoms with Gasteiger partial charge in [-0.05, 0) is 19.8 Å². The molecule has 0 bridgehead atoms. The van der Waals surface area contributed by atoms with Gasteiger partial charge in [-0.15, -0.1) is 0 Å². The maximum atomic E-state index is 12.3. The van der Waals surface area contributed by atoms with Crippen LogP contribution in [0.5, 0.6) is 11.5 Å². The molecule has 0 saturated carbocycles. The zero-order valence-electron chi connectivity index (χ0n) is 14.8. The Morgan fingerprint density at radius 2 is 2.00 bits per heavy atom. The number of hydrogen-bond acceptors (Lipinski definition) is 4. The van der Waals surface area contributed by atoms with Crippen LogP contribution in [0.25, 0.3) is 0 Å². The zero-order valence-corrected chi connectivity index (χ0v) is 14.8. The summed E-state index contributed by atoms with van der Waals surface area (Å²) in [6, 6.07) is 4.57. The van der Waals surface area contributed by atoms with E-state index in [1.54, 1.807) is 32.4 Å². The first-order chi connectivity index (χ1) is 12.0. The topological polar surface area (TPSA) is 88.7 Å². The van der Waals surface area contributed by atoms with Gasteiger partial charge in [-0.1, -0.05) is 12.2 Å². The monoisotopic (exact) mass is 347 g/mol. The highest BCUT2D eigenvalue weighted by Gasteiger charge is 2.26. The van der Waals surface area contributed by atoms with Gasteiger partial charge in [0.2, 0.25) is 5.91 Å². The molecule has 1 aromatic carbocycles. The summed E-state index contributed by atoms with van der Waals surface area (Å²) in [5, 5.41) is 8.48. The second-order valence-electron chi connectivity index (χ2n) is 5.84. The molecule has 1 aliphatic rings. The Bertz CT molecular complexity index is 623. The molecule has 1 saturated heterocycles. The molecule has 3 N–H and O–H groups in total. The van der Waals surface area contributed by atoms with E-state index in [9.17, 15) is 9.59 Å². The van der Waals surface area contributed by atoms with Gasteiger partial charge in [0.15, 0.2) is 0 Å². The van der Waals surface area contributed by atoms with Crippen molar-refractivity contribution in [3.8, 4) is 11.5 Å². The summed E-state index contributed by atoms with van der Waals surface area (Å²) in [4.78, 5) is 24.1. The second-order valence-corrected chi connectivity index (χ2v) is 5.84. The van der Waals surface area contributed by atoms with Gasteiger partial charge < -0.3 is 25.4 Å². The summed E-state index contributed by atoms with van der Waals surface area (Å²) < 4.78 is 10.4. The molecule has 1 aromatic rings. The van der Waals surface area contributed by atoms with Crippen molar-refractivity contribution in [2.75, 3.05) is 26.1 Å². The minimum absolute atomic E-state index is 0.0502. The first kappa shape index (κ1) is 18.6. The van der Waals surface area contributed by atoms with E-state index in [1.807, 2.05) is 19.1 Å². The molecule has 25 heavy (non-hydrogen) atoms. The lowest BCUT2D eigenvalue weighted by molar-refractivity contribution is -0.122. The van der Waals surface area contributed by atoms with Crippen LogP contribution in [0.4, 0.5) is 10.5 Å². The highest BCUT2D eigenvalue weighted by Crippen LogP contribution is 2.25. The summed E-state index contributed by atoms with van der Waals surface area (Å²) in [6.45, 7) is 2.58. The highest BCUT2D eigenvalue weighted by atomic mass is 16.5. The molecule has 0 radical (unpaired) electrons. The fraction of sp³-hybridized carbons (Fsp3) is 0.444. The van der Waals surface area contributed by atoms with Crippen LogP contribution in [0, 0.1) is 5.92 Å². The van der Waals surface area contributed by atoms with E-state index in [0.29, 0.717) is 30.2 Å². The molecule has 1 heterocycles. The number of allylic oxidation sites excluding steroid dienone is 1. The summed E-state index contributed by atoms with van der Waals surface area (Å²) in [7, 11) is 3.10. The zero-order chi connectivity index (χ0) is 18.2. The predicted octanol–water partition coefficient (Wildman–Crippen LogP) is 2.30. The van der Waals surface area contributed by atoms with Gasteiger partial charge in [0, 0.05) is 42.4 Å². The van der Waals surface area contributed by atoms with Crippen molar-refractivity contribution in [2.45, 2.75) is 25.8 Å². The molecule has 7 heteroatoms. The largest absolute Gasteiger partial charge is 0.497 e. The number of methoxy groups -OCH3 is 2. The van der Waals surface area contributed by atoms with Gasteiger partial charge in [-0.2, -0.15) is 0 Å². The van der Waals surface area contributed by atoms with Crippen molar-refractivity contribution in [3.63, 3.8) is 0 Å². The average Bonchev–Trinajstić information content (AvgIpc) is 2.99. The minimum Gasteiger partial charge on any atom is -0.497 e. The Labute approximate surface area is 147 Å². The molecule has 1 aliphatic heterocycles. The Morgan fingerprint density at radius 3 is 2.52 bits per heavy atom. The van der Waals surface area contributed by atoms with Crippen LogP contribution < -0.4 is 25.4 Å². The number of carbonyl (C=O) groups is 2. The van der Waals surface area contributed by atoms with Gasteiger partial charge in [0.1, 0.15) is 11.5 Å². The van der Waals surface area contributed by atoms with Crippen LogP contribution in [0.3, 0.4) is 0 Å². The third kappa shape index (κ3) is 5.41. The number of carbonyl (C=O) groups excluding carboxylic acids is 2. The maximum absolute atomic E-state index is 12.3. The summed E-state index contributed by atoms with van der Waals surface area (Å²) in [5.74, 6) is 1.15. The molecule has 2 rings (SSSR count). The maximum Gasteiger partial charge on any atom is 0.319 e. The van der Waals surface area contributed by atoms with E-state index in [2.05, 4.69) is 16.0 Å².